The quantitative estimate of drug-likeness (QED) is 0.681. The lowest BCUT2D eigenvalue weighted by molar-refractivity contribution is -0.135. The Morgan fingerprint density at radius 3 is 2.38 bits per heavy atom. The smallest absolute Gasteiger partial charge is 0.225 e. The lowest BCUT2D eigenvalue weighted by Crippen LogP contribution is -2.38. The van der Waals surface area contributed by atoms with E-state index in [0.29, 0.717) is 17.9 Å². The number of rotatable bonds is 2. The molecule has 0 N–H and O–H groups in total. The average Bonchev–Trinajstić information content (AvgIpc) is 2.17. The molecule has 1 saturated heterocycles. The minimum atomic E-state index is 0.300. The summed E-state index contributed by atoms with van der Waals surface area (Å²) in [6.07, 6.45) is 2.14. The van der Waals surface area contributed by atoms with E-state index in [1.807, 2.05) is 23.7 Å². The summed E-state index contributed by atoms with van der Waals surface area (Å²) in [5.41, 5.74) is 0. The molecule has 1 fully saturated rings. The Bertz CT molecular complexity index is 176. The summed E-state index contributed by atoms with van der Waals surface area (Å²) >= 11 is 1.97. The van der Waals surface area contributed by atoms with Crippen molar-refractivity contribution in [2.75, 3.05) is 18.6 Å². The van der Waals surface area contributed by atoms with E-state index in [9.17, 15) is 4.79 Å². The molecule has 2 nitrogen and oxygen atoms in total. The Kier molecular flexibility index (Phi) is 4.10. The van der Waals surface area contributed by atoms with Gasteiger partial charge in [0.2, 0.25) is 5.91 Å². The van der Waals surface area contributed by atoms with Crippen molar-refractivity contribution in [1.82, 2.24) is 4.90 Å². The number of hydrogen-bond acceptors (Lipinski definition) is 2. The molecule has 1 rings (SSSR count). The van der Waals surface area contributed by atoms with Crippen LogP contribution in [-0.2, 0) is 4.79 Å². The van der Waals surface area contributed by atoms with Crippen LogP contribution in [0, 0.1) is 5.92 Å². The average molecular weight is 201 g/mol. The highest BCUT2D eigenvalue weighted by Gasteiger charge is 2.25. The maximum Gasteiger partial charge on any atom is 0.225 e. The Labute approximate surface area is 85.1 Å². The van der Waals surface area contributed by atoms with Crippen LogP contribution in [-0.4, -0.2) is 35.4 Å². The van der Waals surface area contributed by atoms with Crippen LogP contribution in [0.1, 0.15) is 26.7 Å². The van der Waals surface area contributed by atoms with E-state index in [1.54, 1.807) is 0 Å². The topological polar surface area (TPSA) is 20.3 Å². The van der Waals surface area contributed by atoms with Gasteiger partial charge in [0, 0.05) is 19.0 Å². The summed E-state index contributed by atoms with van der Waals surface area (Å²) < 4.78 is 0. The Hall–Kier alpha value is -0.180. The van der Waals surface area contributed by atoms with Gasteiger partial charge in [0.05, 0.1) is 0 Å². The summed E-state index contributed by atoms with van der Waals surface area (Å²) in [5, 5.41) is 0. The highest BCUT2D eigenvalue weighted by molar-refractivity contribution is 7.99. The van der Waals surface area contributed by atoms with E-state index < -0.39 is 0 Å². The molecule has 76 valence electrons. The van der Waals surface area contributed by atoms with E-state index >= 15 is 0 Å². The first-order chi connectivity index (χ1) is 6.13. The van der Waals surface area contributed by atoms with Gasteiger partial charge in [-0.15, -0.1) is 0 Å². The van der Waals surface area contributed by atoms with Gasteiger partial charge >= 0.3 is 0 Å². The molecule has 0 aromatic carbocycles. The molecule has 13 heavy (non-hydrogen) atoms. The van der Waals surface area contributed by atoms with Crippen LogP contribution in [0.15, 0.2) is 0 Å². The van der Waals surface area contributed by atoms with Gasteiger partial charge in [-0.25, -0.2) is 0 Å². The lowest BCUT2D eigenvalue weighted by atomic mass is 10.0. The zero-order chi connectivity index (χ0) is 9.84. The SMILES string of the molecule is CC(C)N(C)C(=O)C1CCSCC1. The van der Waals surface area contributed by atoms with Crippen molar-refractivity contribution in [1.29, 1.82) is 0 Å². The van der Waals surface area contributed by atoms with Crippen molar-refractivity contribution >= 4 is 17.7 Å². The highest BCUT2D eigenvalue weighted by atomic mass is 32.2. The van der Waals surface area contributed by atoms with Crippen molar-refractivity contribution in [2.45, 2.75) is 32.7 Å². The molecule has 0 radical (unpaired) electrons. The second kappa shape index (κ2) is 4.89. The minimum Gasteiger partial charge on any atom is -0.343 e. The van der Waals surface area contributed by atoms with Crippen LogP contribution in [0.25, 0.3) is 0 Å². The third-order valence-electron chi connectivity index (χ3n) is 2.69. The highest BCUT2D eigenvalue weighted by Crippen LogP contribution is 2.24. The van der Waals surface area contributed by atoms with Crippen LogP contribution in [0.2, 0.25) is 0 Å². The maximum absolute atomic E-state index is 11.9. The van der Waals surface area contributed by atoms with Crippen molar-refractivity contribution < 1.29 is 4.79 Å². The predicted octanol–water partition coefficient (Wildman–Crippen LogP) is 2.00. The molecule has 0 aliphatic carbocycles. The minimum absolute atomic E-state index is 0.300. The van der Waals surface area contributed by atoms with Crippen LogP contribution in [0.3, 0.4) is 0 Å². The van der Waals surface area contributed by atoms with E-state index in [4.69, 9.17) is 0 Å². The summed E-state index contributed by atoms with van der Waals surface area (Å²) in [6.45, 7) is 4.13. The second-order valence-corrected chi connectivity index (χ2v) is 5.15. The first kappa shape index (κ1) is 10.9. The summed E-state index contributed by atoms with van der Waals surface area (Å²) in [5.74, 6) is 2.95. The third kappa shape index (κ3) is 2.90. The van der Waals surface area contributed by atoms with Crippen molar-refractivity contribution in [2.24, 2.45) is 5.92 Å². The molecule has 1 heterocycles. The lowest BCUT2D eigenvalue weighted by Gasteiger charge is -2.28. The third-order valence-corrected chi connectivity index (χ3v) is 3.74. The molecule has 0 bridgehead atoms. The molecule has 0 spiro atoms. The number of thioether (sulfide) groups is 1. The van der Waals surface area contributed by atoms with Gasteiger partial charge in [-0.2, -0.15) is 11.8 Å². The van der Waals surface area contributed by atoms with Crippen molar-refractivity contribution in [3.63, 3.8) is 0 Å². The molecule has 1 aliphatic rings. The summed E-state index contributed by atoms with van der Waals surface area (Å²) in [4.78, 5) is 13.7. The van der Waals surface area contributed by atoms with E-state index in [0.717, 1.165) is 24.3 Å². The van der Waals surface area contributed by atoms with Gasteiger partial charge in [-0.1, -0.05) is 0 Å². The van der Waals surface area contributed by atoms with Gasteiger partial charge < -0.3 is 4.90 Å². The van der Waals surface area contributed by atoms with Crippen molar-refractivity contribution in [3.05, 3.63) is 0 Å². The predicted molar refractivity (Wildman–Crippen MR) is 58.0 cm³/mol. The number of amides is 1. The standard InChI is InChI=1S/C10H19NOS/c1-8(2)11(3)10(12)9-4-6-13-7-5-9/h8-9H,4-7H2,1-3H3. The Morgan fingerprint density at radius 2 is 1.92 bits per heavy atom. The van der Waals surface area contributed by atoms with E-state index in [1.165, 1.54) is 0 Å². The van der Waals surface area contributed by atoms with Gasteiger partial charge in [-0.05, 0) is 38.2 Å². The van der Waals surface area contributed by atoms with Gasteiger partial charge in [-0.3, -0.25) is 4.79 Å². The molecule has 0 aromatic heterocycles. The molecule has 0 atom stereocenters. The van der Waals surface area contributed by atoms with Crippen LogP contribution in [0.5, 0.6) is 0 Å². The zero-order valence-electron chi connectivity index (χ0n) is 8.75. The van der Waals surface area contributed by atoms with Gasteiger partial charge in [0.1, 0.15) is 0 Å². The van der Waals surface area contributed by atoms with Crippen LogP contribution in [0.4, 0.5) is 0 Å². The number of carbonyl (C=O) groups excluding carboxylic acids is 1. The molecule has 0 saturated carbocycles. The molecule has 0 aromatic rings. The molecular weight excluding hydrogens is 182 g/mol. The van der Waals surface area contributed by atoms with E-state index in [-0.39, 0.29) is 0 Å². The first-order valence-corrected chi connectivity index (χ1v) is 6.13. The first-order valence-electron chi connectivity index (χ1n) is 4.97. The Morgan fingerprint density at radius 1 is 1.38 bits per heavy atom. The largest absolute Gasteiger partial charge is 0.343 e. The normalized spacial score (nSPS) is 19.1. The molecule has 1 amide bonds. The molecule has 1 aliphatic heterocycles. The fraction of sp³-hybridized carbons (Fsp3) is 0.900. The monoisotopic (exact) mass is 201 g/mol. The molecule has 3 heteroatoms. The van der Waals surface area contributed by atoms with Crippen molar-refractivity contribution in [3.8, 4) is 0 Å². The summed E-state index contributed by atoms with van der Waals surface area (Å²) in [6, 6.07) is 0.335. The van der Waals surface area contributed by atoms with Gasteiger partial charge in [0.25, 0.3) is 0 Å². The summed E-state index contributed by atoms with van der Waals surface area (Å²) in [7, 11) is 1.91. The Balaban J connectivity index is 2.45. The number of hydrogen-bond donors (Lipinski definition) is 0. The zero-order valence-corrected chi connectivity index (χ0v) is 9.56. The maximum atomic E-state index is 11.9. The van der Waals surface area contributed by atoms with Crippen LogP contribution < -0.4 is 0 Å². The molecular formula is C10H19NOS. The number of carbonyl (C=O) groups is 1. The molecule has 0 unspecified atom stereocenters. The fourth-order valence-corrected chi connectivity index (χ4v) is 2.59. The van der Waals surface area contributed by atoms with Gasteiger partial charge in [0.15, 0.2) is 0 Å². The van der Waals surface area contributed by atoms with Crippen LogP contribution >= 0.6 is 11.8 Å². The van der Waals surface area contributed by atoms with E-state index in [2.05, 4.69) is 13.8 Å². The second-order valence-electron chi connectivity index (χ2n) is 3.93. The number of nitrogens with zero attached hydrogens (tertiary/aromatic N) is 1. The fourth-order valence-electron chi connectivity index (χ4n) is 1.49.